The van der Waals surface area contributed by atoms with Crippen molar-refractivity contribution >= 4 is 17.4 Å². The van der Waals surface area contributed by atoms with Crippen LogP contribution in [0.1, 0.15) is 53.2 Å². The molecule has 4 heteroatoms. The Morgan fingerprint density at radius 3 is 2.74 bits per heavy atom. The van der Waals surface area contributed by atoms with E-state index in [1.165, 1.54) is 23.6 Å². The van der Waals surface area contributed by atoms with Crippen molar-refractivity contribution in [3.63, 3.8) is 0 Å². The largest absolute Gasteiger partial charge is 0.494 e. The average Bonchev–Trinajstić information content (AvgIpc) is 2.64. The van der Waals surface area contributed by atoms with Gasteiger partial charge in [-0.3, -0.25) is 9.59 Å². The smallest absolute Gasteiger partial charge is 0.227 e. The number of carbonyl (C=O) groups excluding carboxylic acids is 2. The fourth-order valence-electron chi connectivity index (χ4n) is 3.69. The van der Waals surface area contributed by atoms with Crippen molar-refractivity contribution in [3.05, 3.63) is 58.7 Å². The number of hydrogen-bond donors (Lipinski definition) is 0. The first-order chi connectivity index (χ1) is 13.0. The molecule has 0 saturated heterocycles. The van der Waals surface area contributed by atoms with Crippen LogP contribution in [0, 0.1) is 13.8 Å². The first-order valence-corrected chi connectivity index (χ1v) is 9.60. The molecule has 0 bridgehead atoms. The topological polar surface area (TPSA) is 46.6 Å². The molecule has 1 amide bonds. The van der Waals surface area contributed by atoms with Gasteiger partial charge in [-0.2, -0.15) is 0 Å². The highest BCUT2D eigenvalue weighted by Gasteiger charge is 2.23. The molecule has 4 nitrogen and oxygen atoms in total. The van der Waals surface area contributed by atoms with Crippen LogP contribution >= 0.6 is 0 Å². The maximum Gasteiger partial charge on any atom is 0.227 e. The predicted molar refractivity (Wildman–Crippen MR) is 108 cm³/mol. The Hall–Kier alpha value is -2.62. The Bertz CT molecular complexity index is 857. The summed E-state index contributed by atoms with van der Waals surface area (Å²) in [5.41, 5.74) is 5.49. The van der Waals surface area contributed by atoms with E-state index in [0.29, 0.717) is 30.8 Å². The van der Waals surface area contributed by atoms with Gasteiger partial charge in [0.1, 0.15) is 5.75 Å². The fraction of sp³-hybridized carbons (Fsp3) is 0.391. The summed E-state index contributed by atoms with van der Waals surface area (Å²) >= 11 is 0. The molecule has 0 radical (unpaired) electrons. The van der Waals surface area contributed by atoms with Crippen LogP contribution in [0.4, 0.5) is 5.69 Å². The standard InChI is InChI=1S/C23H27NO3/c1-16-13-17(2)21-9-5-11-24(22(21)14-16)23(26)10-6-12-27-20-8-4-7-19(15-20)18(3)25/h4,7-8,13-15H,5-6,9-12H2,1-3H3. The summed E-state index contributed by atoms with van der Waals surface area (Å²) in [6.07, 6.45) is 3.16. The van der Waals surface area contributed by atoms with E-state index < -0.39 is 0 Å². The van der Waals surface area contributed by atoms with E-state index in [9.17, 15) is 9.59 Å². The van der Waals surface area contributed by atoms with E-state index >= 15 is 0 Å². The highest BCUT2D eigenvalue weighted by molar-refractivity contribution is 5.95. The number of ether oxygens (including phenoxy) is 1. The van der Waals surface area contributed by atoms with Gasteiger partial charge in [-0.05, 0) is 74.9 Å². The van der Waals surface area contributed by atoms with E-state index in [2.05, 4.69) is 26.0 Å². The molecule has 142 valence electrons. The number of amides is 1. The Morgan fingerprint density at radius 2 is 1.96 bits per heavy atom. The molecule has 0 aliphatic carbocycles. The second-order valence-corrected chi connectivity index (χ2v) is 7.26. The monoisotopic (exact) mass is 365 g/mol. The SMILES string of the molecule is CC(=O)c1cccc(OCCCC(=O)N2CCCc3c(C)cc(C)cc32)c1. The van der Waals surface area contributed by atoms with Crippen LogP contribution in [0.15, 0.2) is 36.4 Å². The predicted octanol–water partition coefficient (Wildman–Crippen LogP) is 4.64. The number of anilines is 1. The van der Waals surface area contributed by atoms with E-state index in [0.717, 1.165) is 25.1 Å². The first-order valence-electron chi connectivity index (χ1n) is 9.60. The average molecular weight is 365 g/mol. The van der Waals surface area contributed by atoms with Gasteiger partial charge in [-0.1, -0.05) is 18.2 Å². The summed E-state index contributed by atoms with van der Waals surface area (Å²) < 4.78 is 5.72. The highest BCUT2D eigenvalue weighted by atomic mass is 16.5. The number of ketones is 1. The third-order valence-corrected chi connectivity index (χ3v) is 5.04. The molecule has 0 unspecified atom stereocenters. The lowest BCUT2D eigenvalue weighted by Gasteiger charge is -2.31. The van der Waals surface area contributed by atoms with Crippen LogP contribution in [0.5, 0.6) is 5.75 Å². The Labute approximate surface area is 161 Å². The molecule has 3 rings (SSSR count). The second-order valence-electron chi connectivity index (χ2n) is 7.26. The van der Waals surface area contributed by atoms with Crippen molar-refractivity contribution in [1.29, 1.82) is 0 Å². The van der Waals surface area contributed by atoms with E-state index in [1.807, 2.05) is 17.0 Å². The van der Waals surface area contributed by atoms with Gasteiger partial charge in [0.05, 0.1) is 6.61 Å². The van der Waals surface area contributed by atoms with E-state index in [1.54, 1.807) is 12.1 Å². The molecule has 0 fully saturated rings. The summed E-state index contributed by atoms with van der Waals surface area (Å²) in [5, 5.41) is 0. The molecular formula is C23H27NO3. The van der Waals surface area contributed by atoms with Crippen molar-refractivity contribution in [3.8, 4) is 5.75 Å². The third-order valence-electron chi connectivity index (χ3n) is 5.04. The van der Waals surface area contributed by atoms with Crippen LogP contribution in [0.2, 0.25) is 0 Å². The van der Waals surface area contributed by atoms with Gasteiger partial charge in [0, 0.05) is 24.2 Å². The zero-order valence-electron chi connectivity index (χ0n) is 16.4. The number of hydrogen-bond acceptors (Lipinski definition) is 3. The molecule has 1 aliphatic rings. The molecule has 0 atom stereocenters. The van der Waals surface area contributed by atoms with Crippen LogP contribution in [-0.2, 0) is 11.2 Å². The minimum absolute atomic E-state index is 0.0185. The number of Topliss-reactive ketones (excluding diaryl/α,β-unsaturated/α-hetero) is 1. The number of carbonyl (C=O) groups is 2. The maximum absolute atomic E-state index is 12.8. The number of rotatable bonds is 6. The second kappa shape index (κ2) is 8.38. The van der Waals surface area contributed by atoms with E-state index in [4.69, 9.17) is 4.74 Å². The molecule has 0 aromatic heterocycles. The normalized spacial score (nSPS) is 13.2. The Balaban J connectivity index is 1.57. The Kier molecular flexibility index (Phi) is 5.94. The van der Waals surface area contributed by atoms with Crippen molar-refractivity contribution in [2.24, 2.45) is 0 Å². The summed E-state index contributed by atoms with van der Waals surface area (Å²) in [7, 11) is 0. The summed E-state index contributed by atoms with van der Waals surface area (Å²) in [4.78, 5) is 26.1. The minimum Gasteiger partial charge on any atom is -0.494 e. The quantitative estimate of drug-likeness (QED) is 0.553. The van der Waals surface area contributed by atoms with Gasteiger partial charge in [-0.25, -0.2) is 0 Å². The van der Waals surface area contributed by atoms with Crippen LogP contribution in [0.25, 0.3) is 0 Å². The van der Waals surface area contributed by atoms with Gasteiger partial charge >= 0.3 is 0 Å². The van der Waals surface area contributed by atoms with Crippen LogP contribution in [-0.4, -0.2) is 24.8 Å². The number of fused-ring (bicyclic) bond motifs is 1. The summed E-state index contributed by atoms with van der Waals surface area (Å²) in [6.45, 7) is 6.99. The Morgan fingerprint density at radius 1 is 1.15 bits per heavy atom. The van der Waals surface area contributed by atoms with Crippen LogP contribution in [0.3, 0.4) is 0 Å². The lowest BCUT2D eigenvalue weighted by atomic mass is 9.95. The number of aryl methyl sites for hydroxylation is 2. The molecule has 2 aromatic rings. The molecule has 27 heavy (non-hydrogen) atoms. The van der Waals surface area contributed by atoms with Crippen LogP contribution < -0.4 is 9.64 Å². The zero-order chi connectivity index (χ0) is 19.4. The first kappa shape index (κ1) is 19.2. The summed E-state index contributed by atoms with van der Waals surface area (Å²) in [6, 6.07) is 11.5. The van der Waals surface area contributed by atoms with Gasteiger partial charge in [0.15, 0.2) is 5.78 Å². The lowest BCUT2D eigenvalue weighted by molar-refractivity contribution is -0.118. The molecule has 0 spiro atoms. The van der Waals surface area contributed by atoms with Gasteiger partial charge in [0.25, 0.3) is 0 Å². The van der Waals surface area contributed by atoms with Gasteiger partial charge in [0.2, 0.25) is 5.91 Å². The van der Waals surface area contributed by atoms with Crippen molar-refractivity contribution in [2.45, 2.75) is 46.5 Å². The number of nitrogens with zero attached hydrogens (tertiary/aromatic N) is 1. The minimum atomic E-state index is 0.0185. The highest BCUT2D eigenvalue weighted by Crippen LogP contribution is 2.31. The van der Waals surface area contributed by atoms with Gasteiger partial charge in [-0.15, -0.1) is 0 Å². The summed E-state index contributed by atoms with van der Waals surface area (Å²) in [5.74, 6) is 0.844. The lowest BCUT2D eigenvalue weighted by Crippen LogP contribution is -2.35. The molecule has 2 aromatic carbocycles. The molecule has 1 aliphatic heterocycles. The molecule has 0 saturated carbocycles. The van der Waals surface area contributed by atoms with E-state index in [-0.39, 0.29) is 11.7 Å². The molecule has 1 heterocycles. The van der Waals surface area contributed by atoms with Crippen molar-refractivity contribution in [2.75, 3.05) is 18.1 Å². The van der Waals surface area contributed by atoms with Crippen molar-refractivity contribution in [1.82, 2.24) is 0 Å². The van der Waals surface area contributed by atoms with Gasteiger partial charge < -0.3 is 9.64 Å². The molecule has 0 N–H and O–H groups in total. The molecular weight excluding hydrogens is 338 g/mol. The number of benzene rings is 2. The maximum atomic E-state index is 12.8. The zero-order valence-corrected chi connectivity index (χ0v) is 16.4. The third kappa shape index (κ3) is 4.57. The van der Waals surface area contributed by atoms with Crippen molar-refractivity contribution < 1.29 is 14.3 Å². The fourth-order valence-corrected chi connectivity index (χ4v) is 3.69.